The lowest BCUT2D eigenvalue weighted by Crippen LogP contribution is -2.31. The molecule has 1 saturated carbocycles. The van der Waals surface area contributed by atoms with E-state index in [1.54, 1.807) is 31.3 Å². The van der Waals surface area contributed by atoms with Gasteiger partial charge in [-0.3, -0.25) is 9.59 Å². The Hall–Kier alpha value is -2.47. The second-order valence-corrected chi connectivity index (χ2v) is 8.53. The maximum Gasteiger partial charge on any atom is 0.309 e. The number of carbonyl (C=O) groups is 2. The minimum Gasteiger partial charge on any atom is -0.481 e. The molecule has 1 aromatic carbocycles. The minimum absolute atomic E-state index is 0.0536. The van der Waals surface area contributed by atoms with E-state index in [9.17, 15) is 14.7 Å². The molecule has 1 unspecified atom stereocenters. The van der Waals surface area contributed by atoms with Crippen molar-refractivity contribution in [1.82, 2.24) is 4.98 Å². The third kappa shape index (κ3) is 4.87. The van der Waals surface area contributed by atoms with Crippen LogP contribution in [0.2, 0.25) is 0 Å². The smallest absolute Gasteiger partial charge is 0.309 e. The normalized spacial score (nSPS) is 16.5. The summed E-state index contributed by atoms with van der Waals surface area (Å²) in [5.74, 6) is -0.610. The SMILES string of the molecule is CCC(C)(CC(=O)Nc1cccc(C=Cc2nc(C3CCC3)cs2)c1)C(=O)O. The van der Waals surface area contributed by atoms with Gasteiger partial charge in [0.2, 0.25) is 5.91 Å². The molecule has 148 valence electrons. The summed E-state index contributed by atoms with van der Waals surface area (Å²) < 4.78 is 0. The highest BCUT2D eigenvalue weighted by Crippen LogP contribution is 2.36. The molecule has 1 fully saturated rings. The minimum atomic E-state index is -1.05. The Morgan fingerprint density at radius 3 is 2.79 bits per heavy atom. The Morgan fingerprint density at radius 1 is 1.36 bits per heavy atom. The number of nitrogens with zero attached hydrogens (tertiary/aromatic N) is 1. The van der Waals surface area contributed by atoms with Crippen LogP contribution in [0, 0.1) is 5.41 Å². The quantitative estimate of drug-likeness (QED) is 0.623. The number of amides is 1. The number of carboxylic acid groups (broad SMARTS) is 1. The van der Waals surface area contributed by atoms with Crippen LogP contribution in [0.4, 0.5) is 5.69 Å². The van der Waals surface area contributed by atoms with Gasteiger partial charge in [-0.1, -0.05) is 31.6 Å². The molecule has 0 bridgehead atoms. The molecule has 6 heteroatoms. The summed E-state index contributed by atoms with van der Waals surface area (Å²) in [6.45, 7) is 3.38. The van der Waals surface area contributed by atoms with Crippen LogP contribution in [0.1, 0.15) is 68.1 Å². The number of carbonyl (C=O) groups excluding carboxylic acids is 1. The first kappa shape index (κ1) is 20.3. The Balaban J connectivity index is 1.62. The molecule has 1 atom stereocenters. The standard InChI is InChI=1S/C22H26N2O3S/c1-3-22(2,21(26)27)13-19(25)23-17-9-4-6-15(12-17)10-11-20-24-18(14-28-20)16-7-5-8-16/h4,6,9-12,14,16H,3,5,7-8,13H2,1-2H3,(H,23,25)(H,26,27). The van der Waals surface area contributed by atoms with E-state index in [0.29, 0.717) is 18.0 Å². The Morgan fingerprint density at radius 2 is 2.14 bits per heavy atom. The molecule has 2 aromatic rings. The van der Waals surface area contributed by atoms with Gasteiger partial charge < -0.3 is 10.4 Å². The van der Waals surface area contributed by atoms with Crippen molar-refractivity contribution in [2.75, 3.05) is 5.32 Å². The van der Waals surface area contributed by atoms with Gasteiger partial charge >= 0.3 is 5.97 Å². The molecule has 3 rings (SSSR count). The summed E-state index contributed by atoms with van der Waals surface area (Å²) in [4.78, 5) is 28.4. The zero-order valence-electron chi connectivity index (χ0n) is 16.3. The molecule has 0 aliphatic heterocycles. The van der Waals surface area contributed by atoms with Crippen molar-refractivity contribution in [3.8, 4) is 0 Å². The number of benzene rings is 1. The van der Waals surface area contributed by atoms with Gasteiger partial charge in [-0.2, -0.15) is 0 Å². The third-order valence-electron chi connectivity index (χ3n) is 5.50. The Bertz CT molecular complexity index is 885. The molecule has 1 amide bonds. The summed E-state index contributed by atoms with van der Waals surface area (Å²) in [6, 6.07) is 7.50. The number of aromatic nitrogens is 1. The molecule has 5 nitrogen and oxygen atoms in total. The summed E-state index contributed by atoms with van der Waals surface area (Å²) in [5.41, 5.74) is 1.76. The summed E-state index contributed by atoms with van der Waals surface area (Å²) in [7, 11) is 0. The van der Waals surface area contributed by atoms with Crippen LogP contribution in [0.15, 0.2) is 29.6 Å². The van der Waals surface area contributed by atoms with E-state index in [1.165, 1.54) is 25.0 Å². The van der Waals surface area contributed by atoms with Crippen LogP contribution in [-0.4, -0.2) is 22.0 Å². The molecular weight excluding hydrogens is 372 g/mol. The zero-order valence-corrected chi connectivity index (χ0v) is 17.1. The lowest BCUT2D eigenvalue weighted by atomic mass is 9.83. The first-order valence-corrected chi connectivity index (χ1v) is 10.5. The number of hydrogen-bond donors (Lipinski definition) is 2. The van der Waals surface area contributed by atoms with Gasteiger partial charge in [-0.25, -0.2) is 4.98 Å². The highest BCUT2D eigenvalue weighted by molar-refractivity contribution is 7.10. The first-order valence-electron chi connectivity index (χ1n) is 9.66. The fourth-order valence-corrected chi connectivity index (χ4v) is 3.86. The maximum atomic E-state index is 12.3. The fourth-order valence-electron chi connectivity index (χ4n) is 3.07. The van der Waals surface area contributed by atoms with Crippen LogP contribution >= 0.6 is 11.3 Å². The fraction of sp³-hybridized carbons (Fsp3) is 0.409. The van der Waals surface area contributed by atoms with Gasteiger partial charge in [0.15, 0.2) is 0 Å². The second kappa shape index (κ2) is 8.69. The van der Waals surface area contributed by atoms with E-state index in [2.05, 4.69) is 10.7 Å². The van der Waals surface area contributed by atoms with Gasteiger partial charge in [0.05, 0.1) is 11.1 Å². The van der Waals surface area contributed by atoms with Crippen molar-refractivity contribution in [3.05, 3.63) is 45.9 Å². The number of thiazole rings is 1. The average molecular weight is 399 g/mol. The summed E-state index contributed by atoms with van der Waals surface area (Å²) >= 11 is 1.65. The number of hydrogen-bond acceptors (Lipinski definition) is 4. The van der Waals surface area contributed by atoms with Crippen LogP contribution < -0.4 is 5.32 Å². The van der Waals surface area contributed by atoms with Gasteiger partial charge in [-0.05, 0) is 50.0 Å². The number of rotatable bonds is 8. The zero-order chi connectivity index (χ0) is 20.1. The van der Waals surface area contributed by atoms with Gasteiger partial charge in [0.25, 0.3) is 0 Å². The van der Waals surface area contributed by atoms with E-state index in [4.69, 9.17) is 4.98 Å². The van der Waals surface area contributed by atoms with Crippen LogP contribution in [0.25, 0.3) is 12.2 Å². The van der Waals surface area contributed by atoms with Crippen molar-refractivity contribution in [1.29, 1.82) is 0 Å². The molecule has 0 spiro atoms. The first-order chi connectivity index (χ1) is 13.4. The highest BCUT2D eigenvalue weighted by Gasteiger charge is 2.33. The molecule has 28 heavy (non-hydrogen) atoms. The highest BCUT2D eigenvalue weighted by atomic mass is 32.1. The van der Waals surface area contributed by atoms with E-state index in [0.717, 1.165) is 10.6 Å². The molecule has 0 radical (unpaired) electrons. The predicted octanol–water partition coefficient (Wildman–Crippen LogP) is 5.41. The maximum absolute atomic E-state index is 12.3. The van der Waals surface area contributed by atoms with Crippen molar-refractivity contribution >= 4 is 41.1 Å². The van der Waals surface area contributed by atoms with Gasteiger partial charge in [-0.15, -0.1) is 11.3 Å². The van der Waals surface area contributed by atoms with Crippen molar-refractivity contribution in [3.63, 3.8) is 0 Å². The lowest BCUT2D eigenvalue weighted by molar-refractivity contribution is -0.150. The second-order valence-electron chi connectivity index (χ2n) is 7.64. The van der Waals surface area contributed by atoms with E-state index >= 15 is 0 Å². The number of aliphatic carboxylic acids is 1. The van der Waals surface area contributed by atoms with Crippen LogP contribution in [0.3, 0.4) is 0 Å². The van der Waals surface area contributed by atoms with Gasteiger partial charge in [0.1, 0.15) is 5.01 Å². The van der Waals surface area contributed by atoms with E-state index in [1.807, 2.05) is 30.4 Å². The average Bonchev–Trinajstić information content (AvgIpc) is 3.06. The molecule has 0 saturated heterocycles. The molecule has 1 heterocycles. The predicted molar refractivity (Wildman–Crippen MR) is 113 cm³/mol. The molecular formula is C22H26N2O3S. The van der Waals surface area contributed by atoms with Crippen molar-refractivity contribution < 1.29 is 14.7 Å². The topological polar surface area (TPSA) is 79.3 Å². The van der Waals surface area contributed by atoms with Crippen molar-refractivity contribution in [2.24, 2.45) is 5.41 Å². The molecule has 1 aliphatic carbocycles. The molecule has 1 aliphatic rings. The number of anilines is 1. The van der Waals surface area contributed by atoms with Crippen LogP contribution in [-0.2, 0) is 9.59 Å². The Kier molecular flexibility index (Phi) is 6.29. The number of carboxylic acids is 1. The van der Waals surface area contributed by atoms with E-state index in [-0.39, 0.29) is 12.3 Å². The number of nitrogens with one attached hydrogen (secondary N) is 1. The van der Waals surface area contributed by atoms with E-state index < -0.39 is 11.4 Å². The Labute approximate surface area is 169 Å². The van der Waals surface area contributed by atoms with Gasteiger partial charge in [0, 0.05) is 23.4 Å². The summed E-state index contributed by atoms with van der Waals surface area (Å²) in [6.07, 6.45) is 8.10. The molecule has 2 N–H and O–H groups in total. The largest absolute Gasteiger partial charge is 0.481 e. The summed E-state index contributed by atoms with van der Waals surface area (Å²) in [5, 5.41) is 15.3. The van der Waals surface area contributed by atoms with Crippen LogP contribution in [0.5, 0.6) is 0 Å². The third-order valence-corrected chi connectivity index (χ3v) is 6.33. The lowest BCUT2D eigenvalue weighted by Gasteiger charge is -2.22. The molecule has 1 aromatic heterocycles. The van der Waals surface area contributed by atoms with Crippen molar-refractivity contribution in [2.45, 2.75) is 51.9 Å². The monoisotopic (exact) mass is 398 g/mol.